The van der Waals surface area contributed by atoms with Crippen LogP contribution in [0.25, 0.3) is 0 Å². The number of benzene rings is 1. The lowest BCUT2D eigenvalue weighted by Crippen LogP contribution is -2.61. The number of ketones is 2. The number of fused-ring (bicyclic) bond motifs is 2. The van der Waals surface area contributed by atoms with Gasteiger partial charge in [-0.2, -0.15) is 0 Å². The molecule has 1 N–H and O–H groups in total. The maximum Gasteiger partial charge on any atom is 0.220 e. The minimum Gasteiger partial charge on any atom is -0.571 e. The molecule has 0 amide bonds. The van der Waals surface area contributed by atoms with Gasteiger partial charge in [0.05, 0.1) is 6.54 Å². The van der Waals surface area contributed by atoms with E-state index in [2.05, 4.69) is 17.3 Å². The molecule has 7 nitrogen and oxygen atoms in total. The monoisotopic (exact) mass is 420 g/mol. The number of nitrogens with one attached hydrogen (secondary N) is 1. The Kier molecular flexibility index (Phi) is 4.01. The predicted octanol–water partition coefficient (Wildman–Crippen LogP) is 2.63. The molecule has 2 atom stereocenters. The van der Waals surface area contributed by atoms with Gasteiger partial charge in [-0.1, -0.05) is 31.2 Å². The average Bonchev–Trinajstić information content (AvgIpc) is 3.04. The summed E-state index contributed by atoms with van der Waals surface area (Å²) in [5, 5.41) is 20.2. The Morgan fingerprint density at radius 2 is 1.81 bits per heavy atom. The van der Waals surface area contributed by atoms with Crippen molar-refractivity contribution >= 4 is 11.6 Å². The van der Waals surface area contributed by atoms with Crippen molar-refractivity contribution in [2.24, 2.45) is 17.3 Å². The molecule has 31 heavy (non-hydrogen) atoms. The van der Waals surface area contributed by atoms with E-state index in [1.54, 1.807) is 24.3 Å². The number of rotatable bonds is 5. The summed E-state index contributed by atoms with van der Waals surface area (Å²) in [6.45, 7) is 3.61. The van der Waals surface area contributed by atoms with Gasteiger partial charge in [0.2, 0.25) is 17.3 Å². The van der Waals surface area contributed by atoms with Gasteiger partial charge in [0, 0.05) is 26.7 Å². The Balaban J connectivity index is 1.17. The summed E-state index contributed by atoms with van der Waals surface area (Å²) < 4.78 is 1.33. The van der Waals surface area contributed by atoms with Crippen molar-refractivity contribution in [2.45, 2.75) is 64.0 Å². The van der Waals surface area contributed by atoms with Gasteiger partial charge >= 0.3 is 0 Å². The summed E-state index contributed by atoms with van der Waals surface area (Å²) in [4.78, 5) is 26.2. The number of aromatic nitrogens is 3. The lowest BCUT2D eigenvalue weighted by molar-refractivity contribution is -0.749. The van der Waals surface area contributed by atoms with Crippen LogP contribution in [-0.4, -0.2) is 33.4 Å². The molecule has 2 unspecified atom stereocenters. The maximum absolute atomic E-state index is 13.0. The van der Waals surface area contributed by atoms with E-state index < -0.39 is 0 Å². The van der Waals surface area contributed by atoms with Crippen LogP contribution in [-0.2, 0) is 6.54 Å². The Morgan fingerprint density at radius 1 is 1.13 bits per heavy atom. The third-order valence-corrected chi connectivity index (χ3v) is 8.12. The topological polar surface area (TPSA) is 90.9 Å². The van der Waals surface area contributed by atoms with Crippen LogP contribution in [0.1, 0.15) is 84.0 Å². The first-order valence-corrected chi connectivity index (χ1v) is 11.5. The molecule has 162 valence electrons. The molecule has 0 saturated heterocycles. The van der Waals surface area contributed by atoms with Crippen LogP contribution in [0.3, 0.4) is 0 Å². The molecule has 5 aliphatic carbocycles. The van der Waals surface area contributed by atoms with E-state index in [-0.39, 0.29) is 28.5 Å². The van der Waals surface area contributed by atoms with Crippen molar-refractivity contribution in [1.29, 1.82) is 0 Å². The Hall–Kier alpha value is -2.54. The van der Waals surface area contributed by atoms with E-state index in [4.69, 9.17) is 0 Å². The SMILES string of the molecule is CC12CC3CC(C1)CC(NCCCn1c4c(n[n+]1[O-])C(=O)c1ccccc1C4=O)(C3)C2. The highest BCUT2D eigenvalue weighted by Gasteiger charge is 2.55. The summed E-state index contributed by atoms with van der Waals surface area (Å²) in [7, 11) is 0. The number of hydrogen-bond acceptors (Lipinski definition) is 5. The van der Waals surface area contributed by atoms with Gasteiger partial charge in [0.15, 0.2) is 5.69 Å². The van der Waals surface area contributed by atoms with Crippen molar-refractivity contribution in [1.82, 2.24) is 15.1 Å². The third kappa shape index (κ3) is 2.89. The molecule has 1 aromatic carbocycles. The van der Waals surface area contributed by atoms with Crippen LogP contribution >= 0.6 is 0 Å². The Morgan fingerprint density at radius 3 is 2.48 bits per heavy atom. The van der Waals surface area contributed by atoms with Gasteiger partial charge in [-0.05, 0) is 68.7 Å². The molecular formula is C24H28N4O3. The van der Waals surface area contributed by atoms with E-state index >= 15 is 0 Å². The minimum absolute atomic E-state index is 0.0272. The van der Waals surface area contributed by atoms with Crippen LogP contribution in [0.5, 0.6) is 0 Å². The second kappa shape index (κ2) is 6.48. The fraction of sp³-hybridized carbons (Fsp3) is 0.583. The molecule has 0 radical (unpaired) electrons. The summed E-state index contributed by atoms with van der Waals surface area (Å²) in [5.74, 6) is 1.06. The van der Waals surface area contributed by atoms with Gasteiger partial charge in [-0.3, -0.25) is 9.59 Å². The zero-order chi connectivity index (χ0) is 21.4. The van der Waals surface area contributed by atoms with Crippen LogP contribution in [0, 0.1) is 22.5 Å². The molecule has 1 aromatic heterocycles. The number of carbonyl (C=O) groups excluding carboxylic acids is 2. The van der Waals surface area contributed by atoms with E-state index in [9.17, 15) is 14.8 Å². The summed E-state index contributed by atoms with van der Waals surface area (Å²) in [6.07, 6.45) is 8.65. The average molecular weight is 421 g/mol. The van der Waals surface area contributed by atoms with Crippen LogP contribution < -0.4 is 10.3 Å². The zero-order valence-corrected chi connectivity index (χ0v) is 17.9. The van der Waals surface area contributed by atoms with Crippen LogP contribution in [0.2, 0.25) is 0 Å². The van der Waals surface area contributed by atoms with E-state index in [0.717, 1.165) is 18.4 Å². The second-order valence-corrected chi connectivity index (χ2v) is 10.7. The Bertz CT molecular complexity index is 1090. The highest BCUT2D eigenvalue weighted by molar-refractivity contribution is 6.26. The summed E-state index contributed by atoms with van der Waals surface area (Å²) in [5.41, 5.74) is 1.50. The molecule has 7 rings (SSSR count). The lowest BCUT2D eigenvalue weighted by Gasteiger charge is -2.61. The molecule has 5 aliphatic rings. The smallest absolute Gasteiger partial charge is 0.220 e. The van der Waals surface area contributed by atoms with Crippen LogP contribution in [0.15, 0.2) is 24.3 Å². The highest BCUT2D eigenvalue weighted by Crippen LogP contribution is 2.61. The second-order valence-electron chi connectivity index (χ2n) is 10.7. The first-order valence-electron chi connectivity index (χ1n) is 11.5. The molecule has 0 aliphatic heterocycles. The highest BCUT2D eigenvalue weighted by atomic mass is 16.5. The fourth-order valence-corrected chi connectivity index (χ4v) is 7.61. The molecule has 0 spiro atoms. The van der Waals surface area contributed by atoms with E-state index in [1.165, 1.54) is 43.2 Å². The normalized spacial score (nSPS) is 32.9. The molecule has 1 heterocycles. The summed E-state index contributed by atoms with van der Waals surface area (Å²) in [6, 6.07) is 6.70. The standard InChI is InChI=1S/C24H28N4O3/c1-23-10-15-9-16(11-23)13-24(12-15,14-23)25-7-4-8-27-20-19(26-28(27)31)21(29)17-5-2-3-6-18(17)22(20)30/h2-3,5-6,15-16,25H,4,7-14H2,1H3. The largest absolute Gasteiger partial charge is 0.571 e. The predicted molar refractivity (Wildman–Crippen MR) is 113 cm³/mol. The van der Waals surface area contributed by atoms with Crippen molar-refractivity contribution in [3.63, 3.8) is 0 Å². The molecule has 2 aromatic rings. The van der Waals surface area contributed by atoms with Crippen molar-refractivity contribution in [3.05, 3.63) is 52.0 Å². The van der Waals surface area contributed by atoms with Crippen LogP contribution in [0.4, 0.5) is 0 Å². The van der Waals surface area contributed by atoms with Crippen molar-refractivity contribution in [3.8, 4) is 0 Å². The number of nitrogens with zero attached hydrogens (tertiary/aromatic N) is 3. The van der Waals surface area contributed by atoms with Gasteiger partial charge < -0.3 is 10.5 Å². The maximum atomic E-state index is 13.0. The molecular weight excluding hydrogens is 392 g/mol. The van der Waals surface area contributed by atoms with E-state index in [0.29, 0.717) is 34.5 Å². The number of carbonyl (C=O) groups is 2. The van der Waals surface area contributed by atoms with Crippen molar-refractivity contribution in [2.75, 3.05) is 6.54 Å². The summed E-state index contributed by atoms with van der Waals surface area (Å²) >= 11 is 0. The first kappa shape index (κ1) is 19.2. The quantitative estimate of drug-likeness (QED) is 0.389. The van der Waals surface area contributed by atoms with Gasteiger partial charge in [-0.25, -0.2) is 0 Å². The fourth-order valence-electron chi connectivity index (χ4n) is 7.61. The molecule has 7 heteroatoms. The third-order valence-electron chi connectivity index (χ3n) is 8.12. The first-order chi connectivity index (χ1) is 14.9. The molecule has 4 bridgehead atoms. The molecule has 4 saturated carbocycles. The minimum atomic E-state index is -0.353. The lowest BCUT2D eigenvalue weighted by atomic mass is 9.47. The number of hydrogen-bond donors (Lipinski definition) is 1. The van der Waals surface area contributed by atoms with Gasteiger partial charge in [0.1, 0.15) is 0 Å². The Labute approximate surface area is 181 Å². The van der Waals surface area contributed by atoms with Crippen molar-refractivity contribution < 1.29 is 14.5 Å². The van der Waals surface area contributed by atoms with Gasteiger partial charge in [-0.15, -0.1) is 4.68 Å². The zero-order valence-electron chi connectivity index (χ0n) is 17.9. The molecule has 4 fully saturated rings. The van der Waals surface area contributed by atoms with Gasteiger partial charge in [0.25, 0.3) is 0 Å². The van der Waals surface area contributed by atoms with E-state index in [1.807, 2.05) is 0 Å².